The van der Waals surface area contributed by atoms with E-state index in [0.717, 1.165) is 45.2 Å². The molecule has 4 N–H and O–H groups in total. The predicted molar refractivity (Wildman–Crippen MR) is 176 cm³/mol. The van der Waals surface area contributed by atoms with E-state index in [0.29, 0.717) is 42.7 Å². The zero-order valence-corrected chi connectivity index (χ0v) is 30.0. The molecular formula is C38H62N2O7. The maximum atomic E-state index is 12.4. The molecule has 1 amide bonds. The number of nitrogens with one attached hydrogen (secondary N) is 1. The van der Waals surface area contributed by atoms with Crippen molar-refractivity contribution in [2.45, 2.75) is 155 Å². The Morgan fingerprint density at radius 3 is 2.47 bits per heavy atom. The van der Waals surface area contributed by atoms with Crippen LogP contribution in [0.4, 0.5) is 0 Å². The van der Waals surface area contributed by atoms with Crippen molar-refractivity contribution in [3.8, 4) is 0 Å². The lowest BCUT2D eigenvalue weighted by atomic mass is 9.41. The van der Waals surface area contributed by atoms with E-state index in [2.05, 4.69) is 44.8 Å². The van der Waals surface area contributed by atoms with Crippen LogP contribution in [-0.2, 0) is 19.0 Å². The fourth-order valence-corrected chi connectivity index (χ4v) is 14.3. The third-order valence-electron chi connectivity index (χ3n) is 16.7. The SMILES string of the molecule is C[C@@H]1CC([C@H](O)C(C)(C)O)OC2[C@H]1[C@@]1(C)CC[C@@]34C[C@@]35CCC(O[C@H]3CN(C6CCNC6=O)CCO3)C(C)(C)[C@@H]5CCC4[C@]1(C)[C@H]2O. The van der Waals surface area contributed by atoms with Gasteiger partial charge in [-0.15, -0.1) is 0 Å². The van der Waals surface area contributed by atoms with Crippen molar-refractivity contribution in [1.29, 1.82) is 0 Å². The van der Waals surface area contributed by atoms with Crippen LogP contribution in [0.15, 0.2) is 0 Å². The van der Waals surface area contributed by atoms with Crippen LogP contribution in [-0.4, -0.2) is 101 Å². The molecule has 0 bridgehead atoms. The Morgan fingerprint density at radius 2 is 1.77 bits per heavy atom. The summed E-state index contributed by atoms with van der Waals surface area (Å²) in [7, 11) is 0. The summed E-state index contributed by atoms with van der Waals surface area (Å²) in [6.07, 6.45) is 7.10. The summed E-state index contributed by atoms with van der Waals surface area (Å²) >= 11 is 0. The van der Waals surface area contributed by atoms with E-state index in [-0.39, 0.29) is 58.0 Å². The lowest BCUT2D eigenvalue weighted by Crippen LogP contribution is -2.60. The number of rotatable bonds is 5. The van der Waals surface area contributed by atoms with Crippen LogP contribution in [0.3, 0.4) is 0 Å². The second kappa shape index (κ2) is 10.6. The maximum Gasteiger partial charge on any atom is 0.237 e. The number of amides is 1. The minimum Gasteiger partial charge on any atom is -0.390 e. The molecule has 8 fully saturated rings. The van der Waals surface area contributed by atoms with Gasteiger partial charge in [-0.05, 0) is 117 Å². The number of aliphatic hydroxyl groups excluding tert-OH is 2. The van der Waals surface area contributed by atoms with Crippen LogP contribution in [0.1, 0.15) is 106 Å². The van der Waals surface area contributed by atoms with Gasteiger partial charge in [-0.1, -0.05) is 34.6 Å². The monoisotopic (exact) mass is 658 g/mol. The Balaban J connectivity index is 1.02. The van der Waals surface area contributed by atoms with Crippen molar-refractivity contribution in [1.82, 2.24) is 10.2 Å². The van der Waals surface area contributed by atoms with E-state index < -0.39 is 23.9 Å². The lowest BCUT2D eigenvalue weighted by molar-refractivity contribution is -0.250. The van der Waals surface area contributed by atoms with Gasteiger partial charge in [-0.3, -0.25) is 9.69 Å². The molecule has 5 aliphatic carbocycles. The van der Waals surface area contributed by atoms with Gasteiger partial charge in [0.1, 0.15) is 6.10 Å². The number of carbonyl (C=O) groups excluding carboxylic acids is 1. The Morgan fingerprint density at radius 1 is 1.04 bits per heavy atom. The average molecular weight is 659 g/mol. The zero-order chi connectivity index (χ0) is 33.5. The van der Waals surface area contributed by atoms with Crippen LogP contribution < -0.4 is 5.32 Å². The largest absolute Gasteiger partial charge is 0.390 e. The Hall–Kier alpha value is -0.810. The summed E-state index contributed by atoms with van der Waals surface area (Å²) in [5, 5.41) is 37.1. The molecule has 8 rings (SSSR count). The van der Waals surface area contributed by atoms with E-state index in [1.54, 1.807) is 13.8 Å². The normalized spacial score (nSPS) is 54.4. The molecule has 3 saturated heterocycles. The van der Waals surface area contributed by atoms with Gasteiger partial charge in [-0.25, -0.2) is 0 Å². The van der Waals surface area contributed by atoms with Crippen LogP contribution >= 0.6 is 0 Å². The Labute approximate surface area is 281 Å². The van der Waals surface area contributed by atoms with E-state index in [1.165, 1.54) is 19.3 Å². The number of aliphatic hydroxyl groups is 3. The molecule has 5 saturated carbocycles. The highest BCUT2D eigenvalue weighted by molar-refractivity contribution is 5.83. The van der Waals surface area contributed by atoms with E-state index in [9.17, 15) is 20.1 Å². The van der Waals surface area contributed by atoms with Crippen molar-refractivity contribution in [3.05, 3.63) is 0 Å². The highest BCUT2D eigenvalue weighted by Gasteiger charge is 2.84. The topological polar surface area (TPSA) is 121 Å². The number of hydrogen-bond donors (Lipinski definition) is 4. The van der Waals surface area contributed by atoms with Gasteiger partial charge in [-0.2, -0.15) is 0 Å². The molecule has 0 aromatic heterocycles. The van der Waals surface area contributed by atoms with Crippen LogP contribution in [0.5, 0.6) is 0 Å². The zero-order valence-electron chi connectivity index (χ0n) is 30.0. The first-order valence-electron chi connectivity index (χ1n) is 19.0. The molecule has 0 aromatic carbocycles. The molecule has 5 unspecified atom stereocenters. The smallest absolute Gasteiger partial charge is 0.237 e. The molecule has 47 heavy (non-hydrogen) atoms. The van der Waals surface area contributed by atoms with Crippen molar-refractivity contribution < 1.29 is 34.3 Å². The summed E-state index contributed by atoms with van der Waals surface area (Å²) < 4.78 is 19.7. The van der Waals surface area contributed by atoms with E-state index >= 15 is 0 Å². The Kier molecular flexibility index (Phi) is 7.53. The molecule has 15 atom stereocenters. The van der Waals surface area contributed by atoms with Gasteiger partial charge in [0.2, 0.25) is 5.91 Å². The highest BCUT2D eigenvalue weighted by Crippen LogP contribution is 2.89. The molecule has 0 radical (unpaired) electrons. The second-order valence-corrected chi connectivity index (χ2v) is 19.2. The second-order valence-electron chi connectivity index (χ2n) is 19.2. The molecular weight excluding hydrogens is 596 g/mol. The molecule has 0 aromatic rings. The summed E-state index contributed by atoms with van der Waals surface area (Å²) in [6.45, 7) is 18.1. The van der Waals surface area contributed by atoms with Crippen molar-refractivity contribution in [3.63, 3.8) is 0 Å². The highest BCUT2D eigenvalue weighted by atomic mass is 16.7. The van der Waals surface area contributed by atoms with Gasteiger partial charge in [0, 0.05) is 18.5 Å². The van der Waals surface area contributed by atoms with Gasteiger partial charge < -0.3 is 34.8 Å². The first-order chi connectivity index (χ1) is 22.0. The van der Waals surface area contributed by atoms with Crippen molar-refractivity contribution in [2.24, 2.45) is 50.7 Å². The minimum absolute atomic E-state index is 0.00507. The maximum absolute atomic E-state index is 12.4. The van der Waals surface area contributed by atoms with Crippen LogP contribution in [0, 0.1) is 50.7 Å². The number of fused-ring (bicyclic) bond motifs is 4. The van der Waals surface area contributed by atoms with E-state index in [4.69, 9.17) is 14.2 Å². The van der Waals surface area contributed by atoms with E-state index in [1.807, 2.05) is 0 Å². The minimum atomic E-state index is -1.26. The third-order valence-corrected chi connectivity index (χ3v) is 16.7. The predicted octanol–water partition coefficient (Wildman–Crippen LogP) is 3.86. The summed E-state index contributed by atoms with van der Waals surface area (Å²) in [5.74, 6) is 1.69. The van der Waals surface area contributed by atoms with Crippen LogP contribution in [0.2, 0.25) is 0 Å². The third kappa shape index (κ3) is 4.35. The lowest BCUT2D eigenvalue weighted by Gasteiger charge is -2.64. The van der Waals surface area contributed by atoms with Gasteiger partial charge >= 0.3 is 0 Å². The molecule has 8 aliphatic rings. The first-order valence-corrected chi connectivity index (χ1v) is 19.0. The molecule has 9 nitrogen and oxygen atoms in total. The first kappa shape index (κ1) is 33.3. The Bertz CT molecular complexity index is 1270. The molecule has 9 heteroatoms. The molecule has 2 spiro atoms. The molecule has 3 heterocycles. The average Bonchev–Trinajstić information content (AvgIpc) is 3.41. The molecule has 3 aliphatic heterocycles. The van der Waals surface area contributed by atoms with Crippen LogP contribution in [0.25, 0.3) is 0 Å². The number of morpholine rings is 1. The van der Waals surface area contributed by atoms with Gasteiger partial charge in [0.15, 0.2) is 6.29 Å². The van der Waals surface area contributed by atoms with Crippen molar-refractivity contribution >= 4 is 5.91 Å². The standard InChI is InChI=1S/C38H62N2O7/c1-21-18-23(30(41)34(4,5)44)46-29-28(21)35(6)13-14-38-20-37(38)12-10-26(33(2,3)24(37)8-9-25(38)36(35,7)31(29)42)47-27-19-40(16-17-45-27)22-11-15-39-32(22)43/h21-31,41-42,44H,8-20H2,1-7H3,(H,39,43)/t21-,22?,23?,24+,25?,26?,27+,28+,29?,30+,31+,35-,36-,37-,38+/m1/s1. The number of carbonyl (C=O) groups is 1. The number of nitrogens with zero attached hydrogens (tertiary/aromatic N) is 1. The van der Waals surface area contributed by atoms with Gasteiger partial charge in [0.25, 0.3) is 0 Å². The molecule has 266 valence electrons. The number of hydrogen-bond acceptors (Lipinski definition) is 8. The fourth-order valence-electron chi connectivity index (χ4n) is 14.3. The number of ether oxygens (including phenoxy) is 3. The van der Waals surface area contributed by atoms with Gasteiger partial charge in [0.05, 0.1) is 49.2 Å². The van der Waals surface area contributed by atoms with Crippen molar-refractivity contribution in [2.75, 3.05) is 26.2 Å². The summed E-state index contributed by atoms with van der Waals surface area (Å²) in [5.41, 5.74) is -1.00. The quantitative estimate of drug-likeness (QED) is 0.352. The summed E-state index contributed by atoms with van der Waals surface area (Å²) in [4.78, 5) is 14.7. The summed E-state index contributed by atoms with van der Waals surface area (Å²) in [6, 6.07) is -0.0618. The fraction of sp³-hybridized carbons (Fsp3) is 0.974.